The number of anilines is 1. The van der Waals surface area contributed by atoms with Crippen LogP contribution in [-0.4, -0.2) is 36.1 Å². The summed E-state index contributed by atoms with van der Waals surface area (Å²) in [7, 11) is 2.82. The second-order valence-electron chi connectivity index (χ2n) is 7.79. The van der Waals surface area contributed by atoms with Gasteiger partial charge in [0.25, 0.3) is 11.7 Å². The van der Waals surface area contributed by atoms with Gasteiger partial charge in [0.1, 0.15) is 23.0 Å². The summed E-state index contributed by atoms with van der Waals surface area (Å²) in [5.74, 6) is -1.58. The van der Waals surface area contributed by atoms with E-state index in [2.05, 4.69) is 0 Å². The summed E-state index contributed by atoms with van der Waals surface area (Å²) in [5.41, 5.74) is 1.95. The van der Waals surface area contributed by atoms with Gasteiger partial charge in [0.05, 0.1) is 36.4 Å². The van der Waals surface area contributed by atoms with Crippen LogP contribution in [0.1, 0.15) is 22.7 Å². The van der Waals surface area contributed by atoms with E-state index in [1.54, 1.807) is 30.3 Å². The first-order chi connectivity index (χ1) is 16.3. The predicted octanol–water partition coefficient (Wildman–Crippen LogP) is 5.00. The lowest BCUT2D eigenvalue weighted by Crippen LogP contribution is -2.29. The van der Waals surface area contributed by atoms with Crippen molar-refractivity contribution in [1.29, 1.82) is 0 Å². The second-order valence-corrected chi connectivity index (χ2v) is 8.19. The molecular weight excluding hydrogens is 458 g/mol. The summed E-state index contributed by atoms with van der Waals surface area (Å²) in [6.45, 7) is 1.88. The van der Waals surface area contributed by atoms with Crippen molar-refractivity contribution in [2.24, 2.45) is 0 Å². The van der Waals surface area contributed by atoms with Crippen LogP contribution in [0.3, 0.4) is 0 Å². The second kappa shape index (κ2) is 9.11. The Morgan fingerprint density at radius 3 is 2.26 bits per heavy atom. The molecule has 0 aliphatic carbocycles. The zero-order valence-corrected chi connectivity index (χ0v) is 19.5. The van der Waals surface area contributed by atoms with Crippen molar-refractivity contribution in [3.05, 3.63) is 87.9 Å². The number of halogens is 1. The van der Waals surface area contributed by atoms with Crippen molar-refractivity contribution >= 4 is 34.7 Å². The summed E-state index contributed by atoms with van der Waals surface area (Å²) < 4.78 is 10.6. The molecule has 1 saturated heterocycles. The number of nitrogens with zero attached hydrogens (tertiary/aromatic N) is 1. The van der Waals surface area contributed by atoms with Crippen LogP contribution >= 0.6 is 11.6 Å². The molecule has 1 aliphatic rings. The number of aliphatic hydroxyl groups excluding tert-OH is 1. The zero-order chi connectivity index (χ0) is 24.6. The minimum atomic E-state index is -0.950. The van der Waals surface area contributed by atoms with Gasteiger partial charge in [-0.1, -0.05) is 35.9 Å². The fraction of sp³-hybridized carbons (Fsp3) is 0.154. The third-order valence-electron chi connectivity index (χ3n) is 5.66. The van der Waals surface area contributed by atoms with Crippen molar-refractivity contribution in [3.63, 3.8) is 0 Å². The Kier molecular flexibility index (Phi) is 6.22. The van der Waals surface area contributed by atoms with Crippen LogP contribution in [0.4, 0.5) is 5.69 Å². The van der Waals surface area contributed by atoms with Gasteiger partial charge in [0, 0.05) is 11.8 Å². The topological polar surface area (TPSA) is 96.3 Å². The molecule has 1 aliphatic heterocycles. The molecule has 3 aromatic carbocycles. The average Bonchev–Trinajstić information content (AvgIpc) is 3.09. The van der Waals surface area contributed by atoms with E-state index in [0.29, 0.717) is 11.3 Å². The first-order valence-corrected chi connectivity index (χ1v) is 10.7. The fourth-order valence-corrected chi connectivity index (χ4v) is 4.27. The number of aryl methyl sites for hydroxylation is 1. The molecule has 4 rings (SSSR count). The maximum Gasteiger partial charge on any atom is 0.300 e. The number of rotatable bonds is 5. The Balaban J connectivity index is 2.00. The lowest BCUT2D eigenvalue weighted by Gasteiger charge is -2.26. The average molecular weight is 480 g/mol. The number of aliphatic hydroxyl groups is 1. The van der Waals surface area contributed by atoms with Gasteiger partial charge in [0.15, 0.2) is 0 Å². The van der Waals surface area contributed by atoms with Crippen LogP contribution in [-0.2, 0) is 9.59 Å². The first kappa shape index (κ1) is 23.2. The van der Waals surface area contributed by atoms with Gasteiger partial charge < -0.3 is 19.7 Å². The van der Waals surface area contributed by atoms with Crippen LogP contribution in [0.15, 0.2) is 66.2 Å². The highest BCUT2D eigenvalue weighted by Crippen LogP contribution is 2.45. The number of carbonyl (C=O) groups excluding carboxylic acids is 2. The number of amides is 1. The van der Waals surface area contributed by atoms with Crippen molar-refractivity contribution in [1.82, 2.24) is 0 Å². The molecule has 1 unspecified atom stereocenters. The summed E-state index contributed by atoms with van der Waals surface area (Å²) >= 11 is 6.20. The molecule has 7 nitrogen and oxygen atoms in total. The summed E-state index contributed by atoms with van der Waals surface area (Å²) in [5, 5.41) is 21.4. The number of methoxy groups -OCH3 is 2. The number of hydrogen-bond acceptors (Lipinski definition) is 6. The number of ketones is 1. The highest BCUT2D eigenvalue weighted by atomic mass is 35.5. The maximum atomic E-state index is 13.3. The molecule has 3 aromatic rings. The van der Waals surface area contributed by atoms with E-state index in [4.69, 9.17) is 21.1 Å². The van der Waals surface area contributed by atoms with Crippen LogP contribution in [0.2, 0.25) is 5.02 Å². The molecule has 1 atom stereocenters. The molecule has 0 radical (unpaired) electrons. The number of benzene rings is 3. The number of ether oxygens (including phenoxy) is 2. The minimum absolute atomic E-state index is 0.0281. The highest BCUT2D eigenvalue weighted by Gasteiger charge is 2.47. The molecule has 2 N–H and O–H groups in total. The van der Waals surface area contributed by atoms with Gasteiger partial charge in [-0.15, -0.1) is 0 Å². The summed E-state index contributed by atoms with van der Waals surface area (Å²) in [6, 6.07) is 15.2. The molecular formula is C26H22ClNO6. The van der Waals surface area contributed by atoms with E-state index in [-0.39, 0.29) is 33.4 Å². The predicted molar refractivity (Wildman–Crippen MR) is 129 cm³/mol. The minimum Gasteiger partial charge on any atom is -0.508 e. The van der Waals surface area contributed by atoms with Gasteiger partial charge in [-0.2, -0.15) is 0 Å². The SMILES string of the molecule is COc1cc(/C(O)=C2\C(=O)C(=O)N(c3cccc(C)c3)C2c2ccc(O)cc2)c(OC)cc1Cl. The Hall–Kier alpha value is -3.97. The molecule has 0 saturated carbocycles. The monoisotopic (exact) mass is 479 g/mol. The molecule has 0 aromatic heterocycles. The first-order valence-electron chi connectivity index (χ1n) is 10.3. The quantitative estimate of drug-likeness (QED) is 0.304. The Morgan fingerprint density at radius 1 is 0.971 bits per heavy atom. The third kappa shape index (κ3) is 3.95. The number of aromatic hydroxyl groups is 1. The van der Waals surface area contributed by atoms with E-state index >= 15 is 0 Å². The molecule has 8 heteroatoms. The van der Waals surface area contributed by atoms with Gasteiger partial charge in [-0.05, 0) is 48.4 Å². The lowest BCUT2D eigenvalue weighted by atomic mass is 9.94. The standard InChI is InChI=1S/C26H22ClNO6/c1-14-5-4-6-16(11-14)28-23(15-7-9-17(29)10-8-15)22(25(31)26(28)32)24(30)18-12-21(34-3)19(27)13-20(18)33-2/h4-13,23,29-30H,1-3H3/b24-22+. The van der Waals surface area contributed by atoms with E-state index < -0.39 is 23.5 Å². The summed E-state index contributed by atoms with van der Waals surface area (Å²) in [4.78, 5) is 27.9. The Morgan fingerprint density at radius 2 is 1.65 bits per heavy atom. The van der Waals surface area contributed by atoms with Crippen molar-refractivity contribution in [3.8, 4) is 17.2 Å². The van der Waals surface area contributed by atoms with Crippen LogP contribution in [0.25, 0.3) is 5.76 Å². The van der Waals surface area contributed by atoms with Crippen molar-refractivity contribution in [2.75, 3.05) is 19.1 Å². The van der Waals surface area contributed by atoms with Crippen LogP contribution in [0, 0.1) is 6.92 Å². The Bertz CT molecular complexity index is 1320. The molecule has 174 valence electrons. The van der Waals surface area contributed by atoms with Crippen LogP contribution in [0.5, 0.6) is 17.2 Å². The van der Waals surface area contributed by atoms with E-state index in [1.807, 2.05) is 13.0 Å². The largest absolute Gasteiger partial charge is 0.508 e. The number of hydrogen-bond donors (Lipinski definition) is 2. The van der Waals surface area contributed by atoms with Gasteiger partial charge >= 0.3 is 0 Å². The van der Waals surface area contributed by atoms with Crippen LogP contribution < -0.4 is 14.4 Å². The zero-order valence-electron chi connectivity index (χ0n) is 18.7. The lowest BCUT2D eigenvalue weighted by molar-refractivity contribution is -0.132. The highest BCUT2D eigenvalue weighted by molar-refractivity contribution is 6.51. The molecule has 1 amide bonds. The number of Topliss-reactive ketones (excluding diaryl/α,β-unsaturated/α-hetero) is 1. The van der Waals surface area contributed by atoms with Crippen molar-refractivity contribution < 1.29 is 29.3 Å². The van der Waals surface area contributed by atoms with E-state index in [0.717, 1.165) is 5.56 Å². The van der Waals surface area contributed by atoms with Gasteiger partial charge in [-0.3, -0.25) is 14.5 Å². The smallest absolute Gasteiger partial charge is 0.300 e. The number of carbonyl (C=O) groups is 2. The number of phenols is 1. The summed E-state index contributed by atoms with van der Waals surface area (Å²) in [6.07, 6.45) is 0. The van der Waals surface area contributed by atoms with Gasteiger partial charge in [0.2, 0.25) is 0 Å². The normalized spacial score (nSPS) is 17.2. The van der Waals surface area contributed by atoms with Gasteiger partial charge in [-0.25, -0.2) is 0 Å². The molecule has 0 bridgehead atoms. The maximum absolute atomic E-state index is 13.3. The van der Waals surface area contributed by atoms with Crippen molar-refractivity contribution in [2.45, 2.75) is 13.0 Å². The van der Waals surface area contributed by atoms with E-state index in [9.17, 15) is 19.8 Å². The number of phenolic OH excluding ortho intramolecular Hbond substituents is 1. The molecule has 0 spiro atoms. The third-order valence-corrected chi connectivity index (χ3v) is 5.96. The van der Waals surface area contributed by atoms with E-state index in [1.165, 1.54) is 43.4 Å². The fourth-order valence-electron chi connectivity index (χ4n) is 4.04. The Labute approximate surface area is 201 Å². The molecule has 34 heavy (non-hydrogen) atoms. The molecule has 1 fully saturated rings. The molecule has 1 heterocycles.